The highest BCUT2D eigenvalue weighted by molar-refractivity contribution is 5.88. The second-order valence-corrected chi connectivity index (χ2v) is 3.97. The molecule has 1 aliphatic heterocycles. The van der Waals surface area contributed by atoms with E-state index in [-0.39, 0.29) is 5.56 Å². The highest BCUT2D eigenvalue weighted by Crippen LogP contribution is 2.39. The van der Waals surface area contributed by atoms with Crippen molar-refractivity contribution in [3.8, 4) is 11.5 Å². The Labute approximate surface area is 104 Å². The molecule has 1 heterocycles. The van der Waals surface area contributed by atoms with Crippen molar-refractivity contribution in [1.82, 2.24) is 0 Å². The van der Waals surface area contributed by atoms with Crippen molar-refractivity contribution in [3.05, 3.63) is 23.8 Å². The fraction of sp³-hybridized carbons (Fsp3) is 0.417. The molecular formula is C12H14O6. The van der Waals surface area contributed by atoms with Crippen molar-refractivity contribution in [1.29, 1.82) is 0 Å². The second-order valence-electron chi connectivity index (χ2n) is 3.97. The van der Waals surface area contributed by atoms with Crippen LogP contribution in [0, 0.1) is 0 Å². The molecule has 0 spiro atoms. The molecule has 0 fully saturated rings. The lowest BCUT2D eigenvalue weighted by molar-refractivity contribution is -0.288. The first-order valence-corrected chi connectivity index (χ1v) is 5.31. The van der Waals surface area contributed by atoms with Gasteiger partial charge in [-0.1, -0.05) is 0 Å². The standard InChI is InChI=1S/C12H14O6/c1-12(16-3)11(15-2)17-9-6-7(10(13)14)4-5-8(9)18-12/h4-6,11H,1-3H3,(H,13,14). The summed E-state index contributed by atoms with van der Waals surface area (Å²) in [5, 5.41) is 8.91. The van der Waals surface area contributed by atoms with Crippen LogP contribution >= 0.6 is 0 Å². The van der Waals surface area contributed by atoms with Gasteiger partial charge in [-0.25, -0.2) is 4.79 Å². The molecule has 98 valence electrons. The maximum atomic E-state index is 10.9. The molecule has 6 nitrogen and oxygen atoms in total. The van der Waals surface area contributed by atoms with Crippen LogP contribution < -0.4 is 9.47 Å². The molecule has 2 unspecified atom stereocenters. The molecule has 0 aromatic heterocycles. The molecule has 1 aromatic rings. The number of carboxylic acids is 1. The summed E-state index contributed by atoms with van der Waals surface area (Å²) in [6.45, 7) is 1.68. The molecule has 0 aliphatic carbocycles. The summed E-state index contributed by atoms with van der Waals surface area (Å²) in [7, 11) is 2.93. The van der Waals surface area contributed by atoms with E-state index < -0.39 is 18.0 Å². The topological polar surface area (TPSA) is 74.2 Å². The van der Waals surface area contributed by atoms with Crippen LogP contribution in [0.15, 0.2) is 18.2 Å². The molecule has 0 amide bonds. The van der Waals surface area contributed by atoms with Crippen LogP contribution in [-0.4, -0.2) is 37.4 Å². The summed E-state index contributed by atoms with van der Waals surface area (Å²) >= 11 is 0. The quantitative estimate of drug-likeness (QED) is 0.880. The number of hydrogen-bond donors (Lipinski definition) is 1. The van der Waals surface area contributed by atoms with E-state index in [1.165, 1.54) is 32.4 Å². The fourth-order valence-electron chi connectivity index (χ4n) is 1.71. The predicted octanol–water partition coefficient (Wildman–Crippen LogP) is 1.49. The lowest BCUT2D eigenvalue weighted by atomic mass is 10.1. The Kier molecular flexibility index (Phi) is 3.14. The summed E-state index contributed by atoms with van der Waals surface area (Å²) in [5.41, 5.74) is 0.119. The van der Waals surface area contributed by atoms with Gasteiger partial charge >= 0.3 is 5.97 Å². The maximum absolute atomic E-state index is 10.9. The normalized spacial score (nSPS) is 25.8. The molecule has 2 atom stereocenters. The molecule has 1 N–H and O–H groups in total. The first-order valence-electron chi connectivity index (χ1n) is 5.31. The zero-order valence-corrected chi connectivity index (χ0v) is 10.3. The van der Waals surface area contributed by atoms with Crippen molar-refractivity contribution in [2.45, 2.75) is 19.0 Å². The molecule has 6 heteroatoms. The third-order valence-electron chi connectivity index (χ3n) is 2.78. The Hall–Kier alpha value is -1.79. The van der Waals surface area contributed by atoms with Crippen molar-refractivity contribution in [2.24, 2.45) is 0 Å². The Balaban J connectivity index is 2.39. The van der Waals surface area contributed by atoms with Gasteiger partial charge in [0.05, 0.1) is 5.56 Å². The number of carboxylic acid groups (broad SMARTS) is 1. The largest absolute Gasteiger partial charge is 0.478 e. The van der Waals surface area contributed by atoms with Crippen LogP contribution in [0.5, 0.6) is 11.5 Å². The smallest absolute Gasteiger partial charge is 0.335 e. The summed E-state index contributed by atoms with van der Waals surface area (Å²) in [4.78, 5) is 10.9. The number of carbonyl (C=O) groups is 1. The summed E-state index contributed by atoms with van der Waals surface area (Å²) in [5.74, 6) is -1.38. The highest BCUT2D eigenvalue weighted by Gasteiger charge is 2.44. The number of aromatic carboxylic acids is 1. The van der Waals surface area contributed by atoms with E-state index in [1.807, 2.05) is 0 Å². The molecule has 1 aliphatic rings. The summed E-state index contributed by atoms with van der Waals surface area (Å²) in [6, 6.07) is 4.36. The zero-order chi connectivity index (χ0) is 13.3. The van der Waals surface area contributed by atoms with Crippen molar-refractivity contribution < 1.29 is 28.8 Å². The molecule has 0 radical (unpaired) electrons. The number of rotatable bonds is 3. The van der Waals surface area contributed by atoms with E-state index in [0.29, 0.717) is 11.5 Å². The molecule has 18 heavy (non-hydrogen) atoms. The SMILES string of the molecule is COC1Oc2cc(C(=O)O)ccc2OC1(C)OC. The van der Waals surface area contributed by atoms with E-state index in [9.17, 15) is 4.79 Å². The molecule has 0 saturated carbocycles. The van der Waals surface area contributed by atoms with Gasteiger partial charge in [-0.2, -0.15) is 0 Å². The maximum Gasteiger partial charge on any atom is 0.335 e. The first kappa shape index (κ1) is 12.7. The minimum absolute atomic E-state index is 0.119. The first-order chi connectivity index (χ1) is 8.50. The average Bonchev–Trinajstić information content (AvgIpc) is 2.37. The van der Waals surface area contributed by atoms with E-state index in [1.54, 1.807) is 6.92 Å². The lowest BCUT2D eigenvalue weighted by Crippen LogP contribution is -2.53. The molecule has 2 rings (SSSR count). The summed E-state index contributed by atoms with van der Waals surface area (Å²) < 4.78 is 21.5. The van der Waals surface area contributed by atoms with Crippen LogP contribution in [0.25, 0.3) is 0 Å². The van der Waals surface area contributed by atoms with Crippen molar-refractivity contribution in [2.75, 3.05) is 14.2 Å². The Morgan fingerprint density at radius 3 is 2.67 bits per heavy atom. The van der Waals surface area contributed by atoms with Gasteiger partial charge < -0.3 is 24.1 Å². The summed E-state index contributed by atoms with van der Waals surface area (Å²) in [6.07, 6.45) is -0.779. The fourth-order valence-corrected chi connectivity index (χ4v) is 1.71. The number of fused-ring (bicyclic) bond motifs is 1. The molecule has 1 aromatic carbocycles. The average molecular weight is 254 g/mol. The van der Waals surface area contributed by atoms with Gasteiger partial charge in [0.25, 0.3) is 12.1 Å². The van der Waals surface area contributed by atoms with Gasteiger partial charge in [-0.15, -0.1) is 0 Å². The second kappa shape index (κ2) is 4.47. The lowest BCUT2D eigenvalue weighted by Gasteiger charge is -2.39. The molecule has 0 saturated heterocycles. The number of methoxy groups -OCH3 is 2. The predicted molar refractivity (Wildman–Crippen MR) is 60.9 cm³/mol. The number of benzene rings is 1. The van der Waals surface area contributed by atoms with E-state index in [4.69, 9.17) is 24.1 Å². The minimum atomic E-state index is -1.08. The van der Waals surface area contributed by atoms with E-state index in [2.05, 4.69) is 0 Å². The zero-order valence-electron chi connectivity index (χ0n) is 10.3. The van der Waals surface area contributed by atoms with Gasteiger partial charge in [-0.05, 0) is 18.2 Å². The van der Waals surface area contributed by atoms with Crippen LogP contribution in [0.1, 0.15) is 17.3 Å². The Bertz CT molecular complexity index is 472. The van der Waals surface area contributed by atoms with E-state index >= 15 is 0 Å². The van der Waals surface area contributed by atoms with Crippen LogP contribution in [0.4, 0.5) is 0 Å². The Morgan fingerprint density at radius 2 is 2.11 bits per heavy atom. The third kappa shape index (κ3) is 2.00. The van der Waals surface area contributed by atoms with Gasteiger partial charge in [0.1, 0.15) is 0 Å². The van der Waals surface area contributed by atoms with Gasteiger partial charge in [0, 0.05) is 21.1 Å². The van der Waals surface area contributed by atoms with E-state index in [0.717, 1.165) is 0 Å². The molecule has 0 bridgehead atoms. The third-order valence-corrected chi connectivity index (χ3v) is 2.78. The van der Waals surface area contributed by atoms with Crippen LogP contribution in [0.3, 0.4) is 0 Å². The van der Waals surface area contributed by atoms with Gasteiger partial charge in [0.15, 0.2) is 11.5 Å². The number of ether oxygens (including phenoxy) is 4. The number of hydrogen-bond acceptors (Lipinski definition) is 5. The monoisotopic (exact) mass is 254 g/mol. The highest BCUT2D eigenvalue weighted by atomic mass is 16.8. The van der Waals surface area contributed by atoms with Crippen molar-refractivity contribution in [3.63, 3.8) is 0 Å². The van der Waals surface area contributed by atoms with Gasteiger partial charge in [-0.3, -0.25) is 0 Å². The van der Waals surface area contributed by atoms with Crippen molar-refractivity contribution >= 4 is 5.97 Å². The van der Waals surface area contributed by atoms with Gasteiger partial charge in [0.2, 0.25) is 0 Å². The minimum Gasteiger partial charge on any atom is -0.478 e. The Morgan fingerprint density at radius 1 is 1.39 bits per heavy atom. The molecular weight excluding hydrogens is 240 g/mol. The van der Waals surface area contributed by atoms with Crippen LogP contribution in [0.2, 0.25) is 0 Å². The van der Waals surface area contributed by atoms with Crippen LogP contribution in [-0.2, 0) is 9.47 Å².